The monoisotopic (exact) mass is 256 g/mol. The molecular formula is C12H17ClN2O2. The number of carbonyl (C=O) groups excluding carboxylic acids is 1. The Labute approximate surface area is 106 Å². The lowest BCUT2D eigenvalue weighted by Gasteiger charge is -2.11. The number of hydrogen-bond donors (Lipinski definition) is 2. The van der Waals surface area contributed by atoms with Gasteiger partial charge >= 0.3 is 5.97 Å². The number of halogens is 1. The van der Waals surface area contributed by atoms with E-state index in [9.17, 15) is 4.79 Å². The number of carbonyl (C=O) groups is 1. The quantitative estimate of drug-likeness (QED) is 0.794. The molecule has 0 saturated carbocycles. The van der Waals surface area contributed by atoms with E-state index in [1.54, 1.807) is 25.1 Å². The molecule has 0 radical (unpaired) electrons. The molecule has 0 aromatic heterocycles. The van der Waals surface area contributed by atoms with Crippen LogP contribution in [0.1, 0.15) is 24.2 Å². The van der Waals surface area contributed by atoms with Crippen LogP contribution in [0.25, 0.3) is 0 Å². The fraction of sp³-hybridized carbons (Fsp3) is 0.417. The van der Waals surface area contributed by atoms with Crippen molar-refractivity contribution in [3.8, 4) is 0 Å². The van der Waals surface area contributed by atoms with Crippen LogP contribution in [-0.2, 0) is 4.74 Å². The zero-order valence-electron chi connectivity index (χ0n) is 10.00. The second-order valence-corrected chi connectivity index (χ2v) is 4.18. The van der Waals surface area contributed by atoms with Crippen LogP contribution in [-0.4, -0.2) is 25.2 Å². The van der Waals surface area contributed by atoms with Gasteiger partial charge in [0.1, 0.15) is 0 Å². The van der Waals surface area contributed by atoms with Gasteiger partial charge in [-0.3, -0.25) is 0 Å². The molecule has 94 valence electrons. The molecule has 1 unspecified atom stereocenters. The summed E-state index contributed by atoms with van der Waals surface area (Å²) >= 11 is 5.94. The van der Waals surface area contributed by atoms with Gasteiger partial charge in [-0.1, -0.05) is 11.6 Å². The summed E-state index contributed by atoms with van der Waals surface area (Å²) in [6.45, 7) is 4.61. The van der Waals surface area contributed by atoms with Gasteiger partial charge in [-0.05, 0) is 32.0 Å². The molecular weight excluding hydrogens is 240 g/mol. The standard InChI is InChI=1S/C12H17ClN2O2/c1-3-17-12(16)10-6-9(4-5-11(10)13)15-7-8(2)14/h4-6,8,15H,3,7,14H2,1-2H3. The minimum absolute atomic E-state index is 0.0386. The predicted octanol–water partition coefficient (Wildman–Crippen LogP) is 2.28. The van der Waals surface area contributed by atoms with Crippen molar-refractivity contribution in [2.45, 2.75) is 19.9 Å². The lowest BCUT2D eigenvalue weighted by atomic mass is 10.2. The van der Waals surface area contributed by atoms with Crippen LogP contribution in [0.2, 0.25) is 5.02 Å². The molecule has 1 aromatic rings. The summed E-state index contributed by atoms with van der Waals surface area (Å²) in [5.74, 6) is -0.415. The van der Waals surface area contributed by atoms with E-state index in [4.69, 9.17) is 22.1 Å². The van der Waals surface area contributed by atoms with Crippen molar-refractivity contribution >= 4 is 23.3 Å². The van der Waals surface area contributed by atoms with Crippen molar-refractivity contribution in [2.24, 2.45) is 5.73 Å². The summed E-state index contributed by atoms with van der Waals surface area (Å²) in [5, 5.41) is 3.50. The predicted molar refractivity (Wildman–Crippen MR) is 69.5 cm³/mol. The molecule has 1 atom stereocenters. The molecule has 5 heteroatoms. The topological polar surface area (TPSA) is 64.3 Å². The summed E-state index contributed by atoms with van der Waals surface area (Å²) in [4.78, 5) is 11.6. The molecule has 4 nitrogen and oxygen atoms in total. The van der Waals surface area contributed by atoms with Gasteiger partial charge in [0.25, 0.3) is 0 Å². The van der Waals surface area contributed by atoms with E-state index in [0.29, 0.717) is 23.7 Å². The van der Waals surface area contributed by atoms with Gasteiger partial charge < -0.3 is 15.8 Å². The van der Waals surface area contributed by atoms with Crippen LogP contribution in [0.4, 0.5) is 5.69 Å². The van der Waals surface area contributed by atoms with Gasteiger partial charge in [0.05, 0.1) is 17.2 Å². The summed E-state index contributed by atoms with van der Waals surface area (Å²) in [5.41, 5.74) is 6.80. The number of nitrogens with two attached hydrogens (primary N) is 1. The van der Waals surface area contributed by atoms with Gasteiger partial charge in [-0.15, -0.1) is 0 Å². The summed E-state index contributed by atoms with van der Waals surface area (Å²) in [6.07, 6.45) is 0. The molecule has 0 amide bonds. The van der Waals surface area contributed by atoms with E-state index in [1.807, 2.05) is 6.92 Å². The Balaban J connectivity index is 2.82. The third-order valence-corrected chi connectivity index (χ3v) is 2.42. The Kier molecular flexibility index (Phi) is 5.25. The maximum absolute atomic E-state index is 11.6. The fourth-order valence-corrected chi connectivity index (χ4v) is 1.47. The highest BCUT2D eigenvalue weighted by Crippen LogP contribution is 2.21. The summed E-state index contributed by atoms with van der Waals surface area (Å²) < 4.78 is 4.91. The number of ether oxygens (including phenoxy) is 1. The zero-order chi connectivity index (χ0) is 12.8. The average molecular weight is 257 g/mol. The third kappa shape index (κ3) is 4.24. The summed E-state index contributed by atoms with van der Waals surface area (Å²) in [6, 6.07) is 5.17. The van der Waals surface area contributed by atoms with Crippen molar-refractivity contribution in [3.63, 3.8) is 0 Å². The number of esters is 1. The van der Waals surface area contributed by atoms with E-state index in [-0.39, 0.29) is 6.04 Å². The second-order valence-electron chi connectivity index (χ2n) is 3.77. The van der Waals surface area contributed by atoms with E-state index >= 15 is 0 Å². The van der Waals surface area contributed by atoms with Crippen molar-refractivity contribution < 1.29 is 9.53 Å². The van der Waals surface area contributed by atoms with Crippen molar-refractivity contribution in [1.82, 2.24) is 0 Å². The number of nitrogens with one attached hydrogen (secondary N) is 1. The lowest BCUT2D eigenvalue weighted by molar-refractivity contribution is 0.0526. The molecule has 0 saturated heterocycles. The first-order valence-corrected chi connectivity index (χ1v) is 5.88. The van der Waals surface area contributed by atoms with Gasteiger partial charge in [0.15, 0.2) is 0 Å². The van der Waals surface area contributed by atoms with Crippen LogP contribution in [0.5, 0.6) is 0 Å². The Morgan fingerprint density at radius 2 is 2.29 bits per heavy atom. The first-order chi connectivity index (χ1) is 8.04. The third-order valence-electron chi connectivity index (χ3n) is 2.09. The maximum atomic E-state index is 11.6. The van der Waals surface area contributed by atoms with E-state index in [0.717, 1.165) is 5.69 Å². The molecule has 3 N–H and O–H groups in total. The Bertz CT molecular complexity index is 394. The minimum Gasteiger partial charge on any atom is -0.462 e. The molecule has 1 aromatic carbocycles. The molecule has 17 heavy (non-hydrogen) atoms. The van der Waals surface area contributed by atoms with Crippen LogP contribution in [0, 0.1) is 0 Å². The van der Waals surface area contributed by atoms with Crippen molar-refractivity contribution in [1.29, 1.82) is 0 Å². The number of benzene rings is 1. The van der Waals surface area contributed by atoms with Crippen LogP contribution in [0.15, 0.2) is 18.2 Å². The first kappa shape index (κ1) is 13.8. The molecule has 0 spiro atoms. The highest BCUT2D eigenvalue weighted by atomic mass is 35.5. The van der Waals surface area contributed by atoms with E-state index in [1.165, 1.54) is 0 Å². The number of rotatable bonds is 5. The second kappa shape index (κ2) is 6.47. The van der Waals surface area contributed by atoms with E-state index in [2.05, 4.69) is 5.32 Å². The number of hydrogen-bond acceptors (Lipinski definition) is 4. The fourth-order valence-electron chi connectivity index (χ4n) is 1.28. The molecule has 0 fully saturated rings. The normalized spacial score (nSPS) is 12.0. The van der Waals surface area contributed by atoms with Crippen LogP contribution >= 0.6 is 11.6 Å². The molecule has 0 aliphatic heterocycles. The molecule has 1 rings (SSSR count). The van der Waals surface area contributed by atoms with Crippen molar-refractivity contribution in [2.75, 3.05) is 18.5 Å². The van der Waals surface area contributed by atoms with Crippen LogP contribution < -0.4 is 11.1 Å². The van der Waals surface area contributed by atoms with Gasteiger partial charge in [-0.2, -0.15) is 0 Å². The molecule has 0 heterocycles. The average Bonchev–Trinajstić information content (AvgIpc) is 2.28. The maximum Gasteiger partial charge on any atom is 0.339 e. The van der Waals surface area contributed by atoms with E-state index < -0.39 is 5.97 Å². The smallest absolute Gasteiger partial charge is 0.339 e. The molecule has 0 bridgehead atoms. The highest BCUT2D eigenvalue weighted by molar-refractivity contribution is 6.33. The Morgan fingerprint density at radius 1 is 1.59 bits per heavy atom. The SMILES string of the molecule is CCOC(=O)c1cc(NCC(C)N)ccc1Cl. The molecule has 0 aliphatic carbocycles. The number of anilines is 1. The first-order valence-electron chi connectivity index (χ1n) is 5.50. The Morgan fingerprint density at radius 3 is 2.88 bits per heavy atom. The van der Waals surface area contributed by atoms with Gasteiger partial charge in [0.2, 0.25) is 0 Å². The zero-order valence-corrected chi connectivity index (χ0v) is 10.8. The van der Waals surface area contributed by atoms with Crippen LogP contribution in [0.3, 0.4) is 0 Å². The van der Waals surface area contributed by atoms with Gasteiger partial charge in [-0.25, -0.2) is 4.79 Å². The molecule has 0 aliphatic rings. The summed E-state index contributed by atoms with van der Waals surface area (Å²) in [7, 11) is 0. The van der Waals surface area contributed by atoms with Crippen molar-refractivity contribution in [3.05, 3.63) is 28.8 Å². The highest BCUT2D eigenvalue weighted by Gasteiger charge is 2.12. The largest absolute Gasteiger partial charge is 0.462 e. The Hall–Kier alpha value is -1.26. The lowest BCUT2D eigenvalue weighted by Crippen LogP contribution is -2.25. The minimum atomic E-state index is -0.415. The van der Waals surface area contributed by atoms with Gasteiger partial charge in [0, 0.05) is 18.3 Å².